The molecule has 4 N–H and O–H groups in total. The lowest BCUT2D eigenvalue weighted by Gasteiger charge is -2.27. The van der Waals surface area contributed by atoms with Crippen LogP contribution >= 0.6 is 11.6 Å². The van der Waals surface area contributed by atoms with Crippen LogP contribution in [-0.4, -0.2) is 82.0 Å². The van der Waals surface area contributed by atoms with Gasteiger partial charge in [0.25, 0.3) is 0 Å². The molecule has 1 rings (SSSR count). The number of unbranched alkanes of at least 4 members (excludes halogenated alkanes) is 1. The summed E-state index contributed by atoms with van der Waals surface area (Å²) in [6.07, 6.45) is 0.423. The van der Waals surface area contributed by atoms with E-state index in [-0.39, 0.29) is 25.2 Å². The van der Waals surface area contributed by atoms with Crippen molar-refractivity contribution in [1.82, 2.24) is 21.3 Å². The lowest BCUT2D eigenvalue weighted by Crippen LogP contribution is -2.56. The highest BCUT2D eigenvalue weighted by Crippen LogP contribution is 2.14. The van der Waals surface area contributed by atoms with Gasteiger partial charge in [-0.15, -0.1) is 0 Å². The number of esters is 1. The van der Waals surface area contributed by atoms with Gasteiger partial charge in [0.15, 0.2) is 0 Å². The molecule has 0 spiro atoms. The minimum Gasteiger partial charge on any atom is -0.467 e. The van der Waals surface area contributed by atoms with Crippen LogP contribution in [0.1, 0.15) is 65.9 Å². The van der Waals surface area contributed by atoms with Gasteiger partial charge in [-0.1, -0.05) is 57.2 Å². The van der Waals surface area contributed by atoms with Gasteiger partial charge in [0, 0.05) is 26.1 Å². The Labute approximate surface area is 285 Å². The largest absolute Gasteiger partial charge is 0.467 e. The summed E-state index contributed by atoms with van der Waals surface area (Å²) < 4.78 is 15.5. The maximum atomic E-state index is 13.6. The number of carbonyl (C=O) groups excluding carboxylic acids is 5. The van der Waals surface area contributed by atoms with Crippen LogP contribution in [0.25, 0.3) is 0 Å². The molecule has 1 aromatic rings. The maximum absolute atomic E-state index is 13.6. The van der Waals surface area contributed by atoms with Crippen molar-refractivity contribution < 1.29 is 38.2 Å². The molecule has 0 bridgehead atoms. The van der Waals surface area contributed by atoms with E-state index in [0.29, 0.717) is 31.0 Å². The summed E-state index contributed by atoms with van der Waals surface area (Å²) in [6.45, 7) is 16.3. The second kappa shape index (κ2) is 20.1. The van der Waals surface area contributed by atoms with E-state index < -0.39 is 61.8 Å². The highest BCUT2D eigenvalue weighted by molar-refractivity contribution is 6.76. The van der Waals surface area contributed by atoms with Gasteiger partial charge in [-0.2, -0.15) is 0 Å². The van der Waals surface area contributed by atoms with E-state index in [0.717, 1.165) is 11.6 Å². The second-order valence-electron chi connectivity index (χ2n) is 14.2. The quantitative estimate of drug-likeness (QED) is 0.0704. The first-order valence-electron chi connectivity index (χ1n) is 16.1. The number of nitrogens with one attached hydrogen (secondary N) is 4. The van der Waals surface area contributed by atoms with Gasteiger partial charge in [-0.05, 0) is 76.1 Å². The van der Waals surface area contributed by atoms with Crippen molar-refractivity contribution in [2.75, 3.05) is 20.3 Å². The van der Waals surface area contributed by atoms with Gasteiger partial charge in [-0.25, -0.2) is 14.4 Å². The van der Waals surface area contributed by atoms with Gasteiger partial charge in [-0.3, -0.25) is 9.59 Å². The minimum atomic E-state index is -1.31. The first kappa shape index (κ1) is 41.7. The fourth-order valence-electron chi connectivity index (χ4n) is 4.32. The normalized spacial score (nSPS) is 13.5. The van der Waals surface area contributed by atoms with Crippen LogP contribution in [0, 0.1) is 5.92 Å². The van der Waals surface area contributed by atoms with E-state index in [1.54, 1.807) is 45.0 Å². The van der Waals surface area contributed by atoms with Gasteiger partial charge < -0.3 is 35.5 Å². The number of ether oxygens (including phenoxy) is 3. The van der Waals surface area contributed by atoms with Crippen molar-refractivity contribution in [3.05, 3.63) is 34.9 Å². The molecular weight excluding hydrogens is 644 g/mol. The standard InChI is InChI=1S/C33H55ClN4O8Si/c1-22(2)20-26(37-29(40)27(38-32(43)46-33(3,4)5)21-23-13-15-24(34)16-14-23)28(39)36-25(30(41)44-6)12-10-11-17-35-31(42)45-18-19-47(7,8)9/h13-16,22,25-27H,10-12,17-21H2,1-9H3,(H,35,42)(H,36,39)(H,37,40)(H,38,43)/t25-,26-,27-/m0/s1. The van der Waals surface area contributed by atoms with Crippen LogP contribution in [0.2, 0.25) is 30.7 Å². The van der Waals surface area contributed by atoms with Crippen LogP contribution in [-0.2, 0) is 35.0 Å². The number of hydrogen-bond acceptors (Lipinski definition) is 8. The molecule has 0 aliphatic carbocycles. The summed E-state index contributed by atoms with van der Waals surface area (Å²) in [6, 6.07) is 4.68. The monoisotopic (exact) mass is 698 g/mol. The molecular formula is C33H55ClN4O8Si. The van der Waals surface area contributed by atoms with Crippen LogP contribution in [0.4, 0.5) is 9.59 Å². The fourth-order valence-corrected chi connectivity index (χ4v) is 5.16. The zero-order chi connectivity index (χ0) is 35.8. The third-order valence-corrected chi connectivity index (χ3v) is 8.73. The van der Waals surface area contributed by atoms with Gasteiger partial charge in [0.05, 0.1) is 13.7 Å². The van der Waals surface area contributed by atoms with E-state index >= 15 is 0 Å². The van der Waals surface area contributed by atoms with Crippen molar-refractivity contribution in [2.24, 2.45) is 5.92 Å². The number of halogens is 1. The molecule has 47 heavy (non-hydrogen) atoms. The first-order chi connectivity index (χ1) is 21.8. The number of methoxy groups -OCH3 is 1. The minimum absolute atomic E-state index is 0.00716. The number of benzene rings is 1. The van der Waals surface area contributed by atoms with E-state index in [9.17, 15) is 24.0 Å². The summed E-state index contributed by atoms with van der Waals surface area (Å²) in [5.41, 5.74) is -0.0586. The summed E-state index contributed by atoms with van der Waals surface area (Å²) in [5, 5.41) is 11.3. The first-order valence-corrected chi connectivity index (χ1v) is 20.2. The molecule has 0 saturated carbocycles. The number of carbonyl (C=O) groups is 5. The Morgan fingerprint density at radius 1 is 0.851 bits per heavy atom. The molecule has 0 heterocycles. The molecule has 0 fully saturated rings. The Morgan fingerprint density at radius 3 is 2.00 bits per heavy atom. The molecule has 0 saturated heterocycles. The number of hydrogen-bond donors (Lipinski definition) is 4. The molecule has 3 atom stereocenters. The average molecular weight is 699 g/mol. The molecule has 4 amide bonds. The fraction of sp³-hybridized carbons (Fsp3) is 0.667. The van der Waals surface area contributed by atoms with Gasteiger partial charge in [0.1, 0.15) is 23.7 Å². The lowest BCUT2D eigenvalue weighted by atomic mass is 10.0. The molecule has 0 unspecified atom stereocenters. The predicted molar refractivity (Wildman–Crippen MR) is 185 cm³/mol. The van der Waals surface area contributed by atoms with Crippen LogP contribution in [0.3, 0.4) is 0 Å². The molecule has 0 radical (unpaired) electrons. The van der Waals surface area contributed by atoms with Crippen LogP contribution in [0.15, 0.2) is 24.3 Å². The van der Waals surface area contributed by atoms with Crippen molar-refractivity contribution in [1.29, 1.82) is 0 Å². The number of rotatable bonds is 18. The highest BCUT2D eigenvalue weighted by Gasteiger charge is 2.31. The summed E-state index contributed by atoms with van der Waals surface area (Å²) in [7, 11) is -0.0733. The number of alkyl carbamates (subject to hydrolysis) is 2. The van der Waals surface area contributed by atoms with Gasteiger partial charge >= 0.3 is 18.2 Å². The third-order valence-electron chi connectivity index (χ3n) is 6.78. The van der Waals surface area contributed by atoms with Crippen molar-refractivity contribution in [3.63, 3.8) is 0 Å². The SMILES string of the molecule is COC(=O)[C@H](CCCCNC(=O)OCC[Si](C)(C)C)NC(=O)[C@H](CC(C)C)NC(=O)[C@H](Cc1ccc(Cl)cc1)NC(=O)OC(C)(C)C. The zero-order valence-electron chi connectivity index (χ0n) is 29.4. The van der Waals surface area contributed by atoms with Crippen LogP contribution < -0.4 is 21.3 Å². The van der Waals surface area contributed by atoms with Crippen molar-refractivity contribution in [2.45, 2.75) is 116 Å². The molecule has 0 aliphatic heterocycles. The third kappa shape index (κ3) is 19.2. The topological polar surface area (TPSA) is 161 Å². The smallest absolute Gasteiger partial charge is 0.408 e. The van der Waals surface area contributed by atoms with Gasteiger partial charge in [0.2, 0.25) is 11.8 Å². The Morgan fingerprint density at radius 2 is 1.45 bits per heavy atom. The maximum Gasteiger partial charge on any atom is 0.408 e. The number of amides is 4. The molecule has 0 aromatic heterocycles. The van der Waals surface area contributed by atoms with E-state index in [4.69, 9.17) is 25.8 Å². The van der Waals surface area contributed by atoms with Crippen LogP contribution in [0.5, 0.6) is 0 Å². The summed E-state index contributed by atoms with van der Waals surface area (Å²) in [4.78, 5) is 64.2. The molecule has 12 nitrogen and oxygen atoms in total. The van der Waals surface area contributed by atoms with Crippen molar-refractivity contribution in [3.8, 4) is 0 Å². The molecule has 14 heteroatoms. The molecule has 0 aliphatic rings. The summed E-state index contributed by atoms with van der Waals surface area (Å²) in [5.74, 6) is -1.77. The molecule has 1 aromatic carbocycles. The van der Waals surface area contributed by atoms with Crippen molar-refractivity contribution >= 4 is 49.6 Å². The highest BCUT2D eigenvalue weighted by atomic mass is 35.5. The second-order valence-corrected chi connectivity index (χ2v) is 20.2. The lowest BCUT2D eigenvalue weighted by molar-refractivity contribution is -0.145. The van der Waals surface area contributed by atoms with E-state index in [1.165, 1.54) is 7.11 Å². The zero-order valence-corrected chi connectivity index (χ0v) is 31.2. The van der Waals surface area contributed by atoms with E-state index in [1.807, 2.05) is 13.8 Å². The summed E-state index contributed by atoms with van der Waals surface area (Å²) >= 11 is 6.02. The van der Waals surface area contributed by atoms with E-state index in [2.05, 4.69) is 40.9 Å². The Hall–Kier alpha value is -3.32. The Bertz CT molecular complexity index is 1170. The average Bonchev–Trinajstić information content (AvgIpc) is 2.94. The predicted octanol–water partition coefficient (Wildman–Crippen LogP) is 5.20. The Kier molecular flexibility index (Phi) is 17.9. The Balaban J connectivity index is 2.91. The molecule has 266 valence electrons.